The molecule has 1 heterocycles. The van der Waals surface area contributed by atoms with Crippen LogP contribution in [0.4, 0.5) is 8.78 Å². The van der Waals surface area contributed by atoms with Gasteiger partial charge in [0.1, 0.15) is 24.0 Å². The van der Waals surface area contributed by atoms with E-state index in [2.05, 4.69) is 36.3 Å². The van der Waals surface area contributed by atoms with Crippen LogP contribution in [0.1, 0.15) is 49.1 Å². The summed E-state index contributed by atoms with van der Waals surface area (Å²) in [6.45, 7) is 6.45. The number of nitrogens with zero attached hydrogens (tertiary/aromatic N) is 2. The predicted octanol–water partition coefficient (Wildman–Crippen LogP) is 5.35. The molecule has 0 radical (unpaired) electrons. The molecule has 5 N–H and O–H groups in total. The summed E-state index contributed by atoms with van der Waals surface area (Å²) in [6, 6.07) is 20.1. The van der Waals surface area contributed by atoms with Crippen LogP contribution in [-0.4, -0.2) is 10.8 Å². The van der Waals surface area contributed by atoms with Gasteiger partial charge in [0.25, 0.3) is 0 Å². The number of amidine groups is 1. The van der Waals surface area contributed by atoms with Gasteiger partial charge in [0.05, 0.1) is 11.2 Å². The smallest absolute Gasteiger partial charge is 0.167 e. The molecule has 36 heavy (non-hydrogen) atoms. The molecule has 0 spiro atoms. The molecule has 1 atom stereocenters. The summed E-state index contributed by atoms with van der Waals surface area (Å²) in [7, 11) is 0. The zero-order chi connectivity index (χ0) is 25.9. The first-order valence-electron chi connectivity index (χ1n) is 11.5. The van der Waals surface area contributed by atoms with Gasteiger partial charge in [-0.25, -0.2) is 19.6 Å². The maximum Gasteiger partial charge on any atom is 0.167 e. The van der Waals surface area contributed by atoms with E-state index in [0.717, 1.165) is 16.5 Å². The average molecular weight is 490 g/mol. The highest BCUT2D eigenvalue weighted by atomic mass is 19.1. The van der Waals surface area contributed by atoms with E-state index in [4.69, 9.17) is 16.4 Å². The molecular weight excluding hydrogens is 460 g/mol. The number of benzene rings is 3. The zero-order valence-corrected chi connectivity index (χ0v) is 20.4. The van der Waals surface area contributed by atoms with Gasteiger partial charge < -0.3 is 16.0 Å². The Bertz CT molecular complexity index is 1410. The number of aromatic nitrogens is 1. The Balaban J connectivity index is 1.73. The number of ether oxygens (including phenoxy) is 1. The second kappa shape index (κ2) is 10.3. The SMILES string of the molecule is CC(C)(C)C(c1cccc(F)c1)c1cc(OCc2ccc3cc(F)ccc3n2)ccc1/C(=N/N)NN. The van der Waals surface area contributed by atoms with Crippen LogP contribution in [0.3, 0.4) is 0 Å². The molecule has 0 aliphatic heterocycles. The number of hydrogen-bond acceptors (Lipinski definition) is 5. The molecule has 1 unspecified atom stereocenters. The van der Waals surface area contributed by atoms with Gasteiger partial charge in [-0.1, -0.05) is 39.0 Å². The Morgan fingerprint density at radius 2 is 1.78 bits per heavy atom. The molecule has 1 aromatic heterocycles. The minimum Gasteiger partial charge on any atom is -0.487 e. The van der Waals surface area contributed by atoms with Gasteiger partial charge in [-0.05, 0) is 71.1 Å². The highest BCUT2D eigenvalue weighted by Crippen LogP contribution is 2.43. The number of hydrogen-bond donors (Lipinski definition) is 3. The van der Waals surface area contributed by atoms with Crippen molar-refractivity contribution in [2.24, 2.45) is 22.2 Å². The predicted molar refractivity (Wildman–Crippen MR) is 138 cm³/mol. The molecule has 0 aliphatic rings. The summed E-state index contributed by atoms with van der Waals surface area (Å²) in [4.78, 5) is 4.56. The first-order chi connectivity index (χ1) is 17.2. The molecule has 8 heteroatoms. The lowest BCUT2D eigenvalue weighted by Crippen LogP contribution is -2.34. The minimum absolute atomic E-state index is 0.208. The molecule has 0 amide bonds. The Morgan fingerprint density at radius 3 is 2.47 bits per heavy atom. The fourth-order valence-electron chi connectivity index (χ4n) is 4.48. The number of hydrazone groups is 1. The molecule has 0 aliphatic carbocycles. The van der Waals surface area contributed by atoms with Crippen molar-refractivity contribution in [3.8, 4) is 5.75 Å². The normalized spacial score (nSPS) is 13.0. The summed E-state index contributed by atoms with van der Waals surface area (Å²) in [5.74, 6) is 11.3. The first kappa shape index (κ1) is 25.1. The molecule has 0 bridgehead atoms. The Labute approximate surface area is 209 Å². The van der Waals surface area contributed by atoms with E-state index in [9.17, 15) is 8.78 Å². The van der Waals surface area contributed by atoms with E-state index >= 15 is 0 Å². The summed E-state index contributed by atoms with van der Waals surface area (Å²) in [5, 5.41) is 4.52. The van der Waals surface area contributed by atoms with E-state index in [1.54, 1.807) is 24.3 Å². The third-order valence-electron chi connectivity index (χ3n) is 6.00. The van der Waals surface area contributed by atoms with Gasteiger partial charge >= 0.3 is 0 Å². The van der Waals surface area contributed by atoms with Crippen LogP contribution in [0, 0.1) is 17.0 Å². The van der Waals surface area contributed by atoms with Gasteiger partial charge in [-0.15, -0.1) is 0 Å². The third kappa shape index (κ3) is 5.44. The van der Waals surface area contributed by atoms with Crippen molar-refractivity contribution in [2.75, 3.05) is 0 Å². The summed E-state index contributed by atoms with van der Waals surface area (Å²) in [5.41, 5.74) is 5.95. The molecule has 4 aromatic rings. The molecule has 0 fully saturated rings. The Hall–Kier alpha value is -4.04. The Morgan fingerprint density at radius 1 is 1.00 bits per heavy atom. The molecule has 186 valence electrons. The van der Waals surface area contributed by atoms with Crippen molar-refractivity contribution in [3.63, 3.8) is 0 Å². The largest absolute Gasteiger partial charge is 0.487 e. The van der Waals surface area contributed by atoms with Crippen LogP contribution in [0.15, 0.2) is 77.9 Å². The van der Waals surface area contributed by atoms with Crippen LogP contribution in [0.5, 0.6) is 5.75 Å². The van der Waals surface area contributed by atoms with Crippen LogP contribution >= 0.6 is 0 Å². The van der Waals surface area contributed by atoms with Gasteiger partial charge in [0, 0.05) is 16.9 Å². The minimum atomic E-state index is -0.317. The molecule has 4 rings (SSSR count). The highest BCUT2D eigenvalue weighted by Gasteiger charge is 2.31. The topological polar surface area (TPSA) is 98.5 Å². The third-order valence-corrected chi connectivity index (χ3v) is 6.00. The first-order valence-corrected chi connectivity index (χ1v) is 11.5. The number of nitrogens with two attached hydrogens (primary N) is 2. The number of pyridine rings is 1. The molecule has 3 aromatic carbocycles. The van der Waals surface area contributed by atoms with E-state index in [-0.39, 0.29) is 29.6 Å². The van der Waals surface area contributed by atoms with Crippen molar-refractivity contribution in [1.29, 1.82) is 0 Å². The lowest BCUT2D eigenvalue weighted by Gasteiger charge is -2.33. The molecular formula is C28H29F2N5O. The zero-order valence-electron chi connectivity index (χ0n) is 20.4. The quantitative estimate of drug-likeness (QED) is 0.147. The second-order valence-corrected chi connectivity index (χ2v) is 9.65. The maximum absolute atomic E-state index is 14.2. The molecule has 0 saturated heterocycles. The van der Waals surface area contributed by atoms with Gasteiger partial charge in [0.15, 0.2) is 5.84 Å². The number of nitrogens with one attached hydrogen (secondary N) is 1. The van der Waals surface area contributed by atoms with Crippen molar-refractivity contribution < 1.29 is 13.5 Å². The fourth-order valence-corrected chi connectivity index (χ4v) is 4.48. The summed E-state index contributed by atoms with van der Waals surface area (Å²) in [6.07, 6.45) is 0. The van der Waals surface area contributed by atoms with Gasteiger partial charge in [-0.2, -0.15) is 5.10 Å². The van der Waals surface area contributed by atoms with E-state index < -0.39 is 0 Å². The number of rotatable bonds is 6. The number of hydrazine groups is 1. The van der Waals surface area contributed by atoms with Crippen molar-refractivity contribution in [1.82, 2.24) is 10.4 Å². The highest BCUT2D eigenvalue weighted by molar-refractivity contribution is 6.00. The average Bonchev–Trinajstić information content (AvgIpc) is 2.84. The molecule has 6 nitrogen and oxygen atoms in total. The van der Waals surface area contributed by atoms with E-state index in [0.29, 0.717) is 28.4 Å². The van der Waals surface area contributed by atoms with Crippen LogP contribution in [-0.2, 0) is 6.61 Å². The molecule has 0 saturated carbocycles. The number of halogens is 2. The van der Waals surface area contributed by atoms with Gasteiger partial charge in [-0.3, -0.25) is 0 Å². The lowest BCUT2D eigenvalue weighted by molar-refractivity contribution is 0.300. The summed E-state index contributed by atoms with van der Waals surface area (Å²) >= 11 is 0. The van der Waals surface area contributed by atoms with Crippen molar-refractivity contribution in [3.05, 3.63) is 107 Å². The Kier molecular flexibility index (Phi) is 7.17. The number of fused-ring (bicyclic) bond motifs is 1. The lowest BCUT2D eigenvalue weighted by atomic mass is 9.71. The van der Waals surface area contributed by atoms with Crippen molar-refractivity contribution >= 4 is 16.7 Å². The van der Waals surface area contributed by atoms with Gasteiger partial charge in [0.2, 0.25) is 0 Å². The van der Waals surface area contributed by atoms with E-state index in [1.807, 2.05) is 24.3 Å². The second-order valence-electron chi connectivity index (χ2n) is 9.65. The summed E-state index contributed by atoms with van der Waals surface area (Å²) < 4.78 is 33.8. The van der Waals surface area contributed by atoms with E-state index in [1.165, 1.54) is 24.3 Å². The van der Waals surface area contributed by atoms with Crippen LogP contribution in [0.25, 0.3) is 10.9 Å². The monoisotopic (exact) mass is 489 g/mol. The maximum atomic E-state index is 14.2. The van der Waals surface area contributed by atoms with Crippen LogP contribution < -0.4 is 21.8 Å². The fraction of sp³-hybridized carbons (Fsp3) is 0.214. The standard InChI is InChI=1S/C28H29F2N5O/c1-28(2,3)26(18-5-4-6-19(29)14-18)24-15-22(10-11-23(24)27(34-31)35-32)36-16-21-9-7-17-13-20(30)8-12-25(17)33-21/h4-15,26H,16,31-32H2,1-3H3,(H,34,35). The van der Waals surface area contributed by atoms with Crippen LogP contribution in [0.2, 0.25) is 0 Å². The van der Waals surface area contributed by atoms with Crippen molar-refractivity contribution in [2.45, 2.75) is 33.3 Å².